The first-order valence-electron chi connectivity index (χ1n) is 21.3. The maximum Gasteiger partial charge on any atom is -1.00 e. The molecular formula is C48H37Cl2F18SiZr. The van der Waals surface area contributed by atoms with E-state index in [2.05, 4.69) is 0 Å². The van der Waals surface area contributed by atoms with Gasteiger partial charge < -0.3 is 24.8 Å². The van der Waals surface area contributed by atoms with Gasteiger partial charge in [0.15, 0.2) is 0 Å². The fourth-order valence-electron chi connectivity index (χ4n) is 11.7. The van der Waals surface area contributed by atoms with Crippen LogP contribution in [-0.4, -0.2) is 45.1 Å². The molecule has 3 aliphatic carbocycles. The quantitative estimate of drug-likeness (QED) is 0.128. The average Bonchev–Trinajstić information content (AvgIpc) is 3.79. The summed E-state index contributed by atoms with van der Waals surface area (Å²) in [6.07, 6.45) is -34.5. The number of fused-ring (bicyclic) bond motifs is 2. The van der Waals surface area contributed by atoms with Crippen molar-refractivity contribution in [3.05, 3.63) is 123 Å². The van der Waals surface area contributed by atoms with Crippen LogP contribution in [0, 0.1) is 5.92 Å². The Balaban J connectivity index is 0.00000402. The van der Waals surface area contributed by atoms with E-state index < -0.39 is 73.0 Å². The Kier molecular flexibility index (Phi) is 14.4. The predicted molar refractivity (Wildman–Crippen MR) is 217 cm³/mol. The van der Waals surface area contributed by atoms with E-state index in [9.17, 15) is 79.0 Å². The largest absolute Gasteiger partial charge is 1.00 e. The van der Waals surface area contributed by atoms with Crippen molar-refractivity contribution in [1.29, 1.82) is 0 Å². The number of benzene rings is 4. The summed E-state index contributed by atoms with van der Waals surface area (Å²) < 4.78 is 255. The summed E-state index contributed by atoms with van der Waals surface area (Å²) in [4.78, 5) is 0. The molecule has 0 nitrogen and oxygen atoms in total. The molecule has 1 fully saturated rings. The number of halogens is 20. The van der Waals surface area contributed by atoms with E-state index in [0.29, 0.717) is 23.1 Å². The summed E-state index contributed by atoms with van der Waals surface area (Å²) >= 11 is 1.06. The predicted octanol–water partition coefficient (Wildman–Crippen LogP) is 10.2. The number of alkyl halides is 18. The summed E-state index contributed by atoms with van der Waals surface area (Å²) in [6, 6.07) is 10.9. The van der Waals surface area contributed by atoms with E-state index in [-0.39, 0.29) is 75.3 Å². The molecule has 4 aliphatic rings. The number of allylic oxidation sites excluding steroid dienone is 2. The molecule has 4 aromatic rings. The zero-order valence-electron chi connectivity index (χ0n) is 36.5. The molecule has 2 atom stereocenters. The zero-order valence-corrected chi connectivity index (χ0v) is 41.5. The second kappa shape index (κ2) is 18.0. The maximum absolute atomic E-state index is 14.3. The normalized spacial score (nSPS) is 19.8. The smallest absolute Gasteiger partial charge is 1.00 e. The van der Waals surface area contributed by atoms with Crippen molar-refractivity contribution >= 4 is 24.5 Å². The molecule has 1 heterocycles. The van der Waals surface area contributed by atoms with Gasteiger partial charge in [-0.1, -0.05) is 0 Å². The minimum Gasteiger partial charge on any atom is -1.00 e. The molecule has 0 saturated heterocycles. The van der Waals surface area contributed by atoms with Crippen LogP contribution in [0.25, 0.3) is 33.5 Å². The van der Waals surface area contributed by atoms with Crippen LogP contribution in [-0.2, 0) is 35.5 Å². The Morgan fingerprint density at radius 1 is 0.543 bits per heavy atom. The monoisotopic (exact) mass is 1140 g/mol. The van der Waals surface area contributed by atoms with Gasteiger partial charge >= 0.3 is 350 Å². The van der Waals surface area contributed by atoms with Gasteiger partial charge in [0.25, 0.3) is 5.41 Å². The van der Waals surface area contributed by atoms with Gasteiger partial charge in [-0.05, 0) is 0 Å². The van der Waals surface area contributed by atoms with E-state index >= 15 is 0 Å². The Labute approximate surface area is 418 Å². The molecule has 22 heteroatoms. The Hall–Kier alpha value is -3.22. The van der Waals surface area contributed by atoms with Crippen molar-refractivity contribution in [2.45, 2.75) is 116 Å². The molecular weight excluding hydrogens is 1110 g/mol. The minimum absolute atomic E-state index is 0. The fraction of sp³-hybridized carbons (Fsp3) is 0.417. The summed E-state index contributed by atoms with van der Waals surface area (Å²) in [6.45, 7) is 6.04. The molecule has 2 bridgehead atoms. The molecule has 0 radical (unpaired) electrons. The maximum atomic E-state index is 14.3. The van der Waals surface area contributed by atoms with Gasteiger partial charge in [-0.3, -0.25) is 0 Å². The van der Waals surface area contributed by atoms with Gasteiger partial charge in [0.1, 0.15) is 0 Å². The van der Waals surface area contributed by atoms with Crippen molar-refractivity contribution in [1.82, 2.24) is 0 Å². The molecule has 70 heavy (non-hydrogen) atoms. The molecule has 0 aromatic heterocycles. The number of rotatable bonds is 7. The van der Waals surface area contributed by atoms with Gasteiger partial charge in [-0.15, -0.1) is 0 Å². The molecule has 8 rings (SSSR count). The van der Waals surface area contributed by atoms with Crippen LogP contribution in [0.5, 0.6) is 0 Å². The Morgan fingerprint density at radius 3 is 1.41 bits per heavy atom. The standard InChI is InChI=1S/C48H37F18Si.2ClH.Zr/c1-4-24-21-28-22-35(40-36(37(28)39(24)67(40,2)3)27-15-19-30(20-16-27)42(46(58,59)60,47(61,62)63)48(64,65)66)38-32-12-8-11-31(34(32)23-33(38)25-9-6-5-7-10-25)26-13-17-29(18-14-26)41(43(49,50)51,44(52,53)54)45(55,56)57;;;/h8,11-23,25,38H,4-7,9-10H2,1-3H3;2*1H;/q;;;+2/p-2. The van der Waals surface area contributed by atoms with Crippen molar-refractivity contribution in [3.8, 4) is 22.3 Å². The van der Waals surface area contributed by atoms with Crippen molar-refractivity contribution < 1.29 is 129 Å². The zero-order chi connectivity index (χ0) is 50.3. The fourth-order valence-corrected chi connectivity index (χ4v) is 17.5. The van der Waals surface area contributed by atoms with Gasteiger partial charge in [0.05, 0.1) is 0 Å². The molecule has 377 valence electrons. The molecule has 2 unspecified atom stereocenters. The third-order valence-corrected chi connectivity index (χ3v) is 19.8. The van der Waals surface area contributed by atoms with Crippen LogP contribution in [0.3, 0.4) is 0 Å². The van der Waals surface area contributed by atoms with Gasteiger partial charge in [0.2, 0.25) is 0 Å². The summed E-state index contributed by atoms with van der Waals surface area (Å²) in [7, 11) is -2.94. The van der Waals surface area contributed by atoms with Gasteiger partial charge in [-0.25, -0.2) is 0 Å². The summed E-state index contributed by atoms with van der Waals surface area (Å²) in [5.74, 6) is -0.674. The van der Waals surface area contributed by atoms with Crippen molar-refractivity contribution in [2.24, 2.45) is 5.92 Å². The molecule has 1 aliphatic heterocycles. The summed E-state index contributed by atoms with van der Waals surface area (Å²) in [5, 5.41) is 1.76. The van der Waals surface area contributed by atoms with Crippen LogP contribution in [0.1, 0.15) is 93.9 Å². The first-order valence-corrected chi connectivity index (χ1v) is 25.8. The molecule has 1 saturated carbocycles. The topological polar surface area (TPSA) is 0 Å². The van der Waals surface area contributed by atoms with E-state index in [1.165, 1.54) is 6.07 Å². The van der Waals surface area contributed by atoms with Crippen LogP contribution in [0.15, 0.2) is 83.9 Å². The van der Waals surface area contributed by atoms with E-state index in [1.54, 1.807) is 12.1 Å². The Bertz CT molecular complexity index is 2640. The third-order valence-electron chi connectivity index (χ3n) is 14.5. The van der Waals surface area contributed by atoms with E-state index in [1.807, 2.05) is 32.2 Å². The molecule has 0 amide bonds. The minimum atomic E-state index is -6.83. The first-order chi connectivity index (χ1) is 31.2. The van der Waals surface area contributed by atoms with Gasteiger partial charge in [-0.2, -0.15) is 39.5 Å². The molecule has 0 spiro atoms. The van der Waals surface area contributed by atoms with Crippen LogP contribution in [0.4, 0.5) is 79.0 Å². The molecule has 0 N–H and O–H groups in total. The van der Waals surface area contributed by atoms with Crippen LogP contribution >= 0.6 is 0 Å². The van der Waals surface area contributed by atoms with Crippen LogP contribution < -0.4 is 30.0 Å². The second-order valence-electron chi connectivity index (χ2n) is 18.4. The average molecular weight is 1150 g/mol. The summed E-state index contributed by atoms with van der Waals surface area (Å²) in [5.41, 5.74) is -10.3. The molecule has 4 aromatic carbocycles. The van der Waals surface area contributed by atoms with Crippen LogP contribution in [0.2, 0.25) is 13.1 Å². The number of hydrogen-bond donors (Lipinski definition) is 0. The van der Waals surface area contributed by atoms with Gasteiger partial charge in [0, 0.05) is 0 Å². The van der Waals surface area contributed by atoms with Crippen molar-refractivity contribution in [3.63, 3.8) is 0 Å². The van der Waals surface area contributed by atoms with Crippen molar-refractivity contribution in [2.75, 3.05) is 0 Å². The third kappa shape index (κ3) is 7.89. The van der Waals surface area contributed by atoms with E-state index in [0.717, 1.165) is 119 Å². The Morgan fingerprint density at radius 2 is 0.986 bits per heavy atom. The SMILES string of the molecule is CCC1=C2c3c(cc(C4C(C5CCCCC5)=Cc5c(-c6ccc(C(C(F)(F)F)(C(F)(F)F)C(F)(F)F)cc6)cccc54)c(c3-c3ccc(C(C(F)(F)F)(C(F)(F)F)C(F)(F)F)cc3)[Si]2(C)C)[CH]1[Zr+2].[Cl-].[Cl-]. The second-order valence-corrected chi connectivity index (χ2v) is 24.0. The first kappa shape index (κ1) is 56.1. The van der Waals surface area contributed by atoms with E-state index in [4.69, 9.17) is 0 Å². The number of hydrogen-bond acceptors (Lipinski definition) is 0.